The molecule has 122 valence electrons. The van der Waals surface area contributed by atoms with E-state index >= 15 is 0 Å². The van der Waals surface area contributed by atoms with E-state index in [2.05, 4.69) is 0 Å². The van der Waals surface area contributed by atoms with Gasteiger partial charge in [0, 0.05) is 12.1 Å². The molecule has 0 atom stereocenters. The minimum atomic E-state index is -0.985. The Morgan fingerprint density at radius 3 is 2.60 bits per heavy atom. The second-order valence-corrected chi connectivity index (χ2v) is 5.80. The van der Waals surface area contributed by atoms with Crippen LogP contribution >= 0.6 is 11.3 Å². The van der Waals surface area contributed by atoms with Crippen LogP contribution in [0.1, 0.15) is 5.76 Å². The van der Waals surface area contributed by atoms with Gasteiger partial charge in [0.2, 0.25) is 0 Å². The van der Waals surface area contributed by atoms with Crippen molar-refractivity contribution in [3.63, 3.8) is 0 Å². The number of thiazole rings is 1. The summed E-state index contributed by atoms with van der Waals surface area (Å²) in [6.07, 6.45) is 2.83. The number of aromatic nitrogens is 1. The highest BCUT2D eigenvalue weighted by atomic mass is 32.1. The smallest absolute Gasteiger partial charge is 0.273 e. The van der Waals surface area contributed by atoms with Gasteiger partial charge in [-0.1, -0.05) is 0 Å². The summed E-state index contributed by atoms with van der Waals surface area (Å²) in [7, 11) is 0. The lowest BCUT2D eigenvalue weighted by atomic mass is 10.3. The standard InChI is InChI=1S/C17H7F2N3O2S/c18-11-3-4-14(13(19)6-11)22-16(23)15(7-12-2-1-5-24-12)25-17(22)10(8-20)9-21/h1-7H/b15-7-. The molecule has 0 fully saturated rings. The second-order valence-electron chi connectivity index (χ2n) is 4.77. The van der Waals surface area contributed by atoms with Crippen LogP contribution in [0.5, 0.6) is 0 Å². The monoisotopic (exact) mass is 355 g/mol. The molecule has 8 heteroatoms. The van der Waals surface area contributed by atoms with Gasteiger partial charge in [0.1, 0.15) is 34.2 Å². The maximum absolute atomic E-state index is 14.2. The summed E-state index contributed by atoms with van der Waals surface area (Å²) >= 11 is 0.842. The van der Waals surface area contributed by atoms with Gasteiger partial charge in [-0.15, -0.1) is 11.3 Å². The Balaban J connectivity index is 2.45. The third kappa shape index (κ3) is 2.99. The fourth-order valence-corrected chi connectivity index (χ4v) is 3.18. The quantitative estimate of drug-likeness (QED) is 0.702. The van der Waals surface area contributed by atoms with Crippen LogP contribution in [0.4, 0.5) is 8.78 Å². The molecule has 0 radical (unpaired) electrons. The van der Waals surface area contributed by atoms with E-state index in [9.17, 15) is 13.6 Å². The largest absolute Gasteiger partial charge is 0.465 e. The van der Waals surface area contributed by atoms with Gasteiger partial charge < -0.3 is 4.42 Å². The molecular formula is C17H7F2N3O2S. The molecule has 3 rings (SSSR count). The zero-order valence-corrected chi connectivity index (χ0v) is 13.2. The molecular weight excluding hydrogens is 348 g/mol. The molecule has 1 aromatic carbocycles. The van der Waals surface area contributed by atoms with Crippen LogP contribution in [-0.2, 0) is 0 Å². The molecule has 0 spiro atoms. The highest BCUT2D eigenvalue weighted by Gasteiger charge is 2.15. The number of hydrogen-bond donors (Lipinski definition) is 0. The molecule has 25 heavy (non-hydrogen) atoms. The lowest BCUT2D eigenvalue weighted by Gasteiger charge is -2.03. The number of benzene rings is 1. The summed E-state index contributed by atoms with van der Waals surface area (Å²) in [6, 6.07) is 9.28. The van der Waals surface area contributed by atoms with E-state index in [0.29, 0.717) is 11.8 Å². The van der Waals surface area contributed by atoms with Gasteiger partial charge in [0.25, 0.3) is 5.56 Å². The number of halogens is 2. The SMILES string of the molecule is N#CC(C#N)=c1s/c(=C\c2ccco2)c(=O)n1-c1ccc(F)cc1F. The van der Waals surface area contributed by atoms with Crippen LogP contribution in [0.2, 0.25) is 0 Å². The summed E-state index contributed by atoms with van der Waals surface area (Å²) in [5.74, 6) is -1.41. The third-order valence-electron chi connectivity index (χ3n) is 3.23. The Morgan fingerprint density at radius 2 is 2.00 bits per heavy atom. The Hall–Kier alpha value is -3.49. The average Bonchev–Trinajstić information content (AvgIpc) is 3.19. The van der Waals surface area contributed by atoms with Gasteiger partial charge in [-0.2, -0.15) is 10.5 Å². The number of furan rings is 1. The minimum Gasteiger partial charge on any atom is -0.465 e. The van der Waals surface area contributed by atoms with Gasteiger partial charge in [-0.05, 0) is 24.3 Å². The van der Waals surface area contributed by atoms with Crippen LogP contribution in [0, 0.1) is 34.3 Å². The Labute approximate surface area is 143 Å². The number of nitrogens with zero attached hydrogens (tertiary/aromatic N) is 3. The highest BCUT2D eigenvalue weighted by molar-refractivity contribution is 7.07. The predicted molar refractivity (Wildman–Crippen MR) is 86.0 cm³/mol. The van der Waals surface area contributed by atoms with Gasteiger partial charge in [-0.3, -0.25) is 9.36 Å². The Kier molecular flexibility index (Phi) is 4.29. The second kappa shape index (κ2) is 6.56. The molecule has 0 saturated carbocycles. The molecule has 2 heterocycles. The van der Waals surface area contributed by atoms with Crippen LogP contribution in [0.15, 0.2) is 45.8 Å². The zero-order valence-electron chi connectivity index (χ0n) is 12.4. The molecule has 0 aliphatic rings. The van der Waals surface area contributed by atoms with E-state index in [1.807, 2.05) is 0 Å². The number of rotatable bonds is 2. The molecule has 5 nitrogen and oxygen atoms in total. The van der Waals surface area contributed by atoms with Gasteiger partial charge >= 0.3 is 0 Å². The third-order valence-corrected chi connectivity index (χ3v) is 4.32. The van der Waals surface area contributed by atoms with Gasteiger partial charge in [0.15, 0.2) is 5.57 Å². The van der Waals surface area contributed by atoms with Crippen molar-refractivity contribution in [3.05, 3.63) is 73.5 Å². The summed E-state index contributed by atoms with van der Waals surface area (Å²) in [6.45, 7) is 0. The molecule has 0 amide bonds. The summed E-state index contributed by atoms with van der Waals surface area (Å²) in [5, 5.41) is 18.2. The fraction of sp³-hybridized carbons (Fsp3) is 0. The van der Waals surface area contributed by atoms with Crippen molar-refractivity contribution in [2.45, 2.75) is 0 Å². The molecule has 0 N–H and O–H groups in total. The predicted octanol–water partition coefficient (Wildman–Crippen LogP) is 1.80. The topological polar surface area (TPSA) is 82.7 Å². The first-order valence-electron chi connectivity index (χ1n) is 6.82. The normalized spacial score (nSPS) is 11.1. The van der Waals surface area contributed by atoms with E-state index in [0.717, 1.165) is 28.0 Å². The molecule has 3 aromatic rings. The van der Waals surface area contributed by atoms with Gasteiger partial charge in [-0.25, -0.2) is 8.78 Å². The van der Waals surface area contributed by atoms with Crippen LogP contribution in [0.25, 0.3) is 17.3 Å². The van der Waals surface area contributed by atoms with E-state index in [-0.39, 0.29) is 20.5 Å². The summed E-state index contributed by atoms with van der Waals surface area (Å²) in [5.41, 5.74) is -1.26. The van der Waals surface area contributed by atoms with E-state index in [1.54, 1.807) is 24.3 Å². The van der Waals surface area contributed by atoms with Crippen LogP contribution in [0.3, 0.4) is 0 Å². The Morgan fingerprint density at radius 1 is 1.24 bits per heavy atom. The zero-order chi connectivity index (χ0) is 18.0. The lowest BCUT2D eigenvalue weighted by molar-refractivity contribution is 0.556. The molecule has 0 saturated heterocycles. The van der Waals surface area contributed by atoms with E-state index in [1.165, 1.54) is 12.3 Å². The molecule has 2 aromatic heterocycles. The van der Waals surface area contributed by atoms with Crippen molar-refractivity contribution in [1.29, 1.82) is 10.5 Å². The van der Waals surface area contributed by atoms with Crippen molar-refractivity contribution in [1.82, 2.24) is 4.57 Å². The number of hydrogen-bond acceptors (Lipinski definition) is 5. The average molecular weight is 355 g/mol. The van der Waals surface area contributed by atoms with Crippen molar-refractivity contribution in [2.24, 2.45) is 0 Å². The molecule has 0 aliphatic carbocycles. The highest BCUT2D eigenvalue weighted by Crippen LogP contribution is 2.12. The van der Waals surface area contributed by atoms with Gasteiger partial charge in [0.05, 0.1) is 16.5 Å². The maximum atomic E-state index is 14.2. The summed E-state index contributed by atoms with van der Waals surface area (Å²) in [4.78, 5) is 12.7. The molecule has 0 aliphatic heterocycles. The van der Waals surface area contributed by atoms with Crippen LogP contribution < -0.4 is 14.8 Å². The van der Waals surface area contributed by atoms with E-state index < -0.39 is 17.2 Å². The van der Waals surface area contributed by atoms with Crippen molar-refractivity contribution in [3.8, 4) is 17.8 Å². The molecule has 0 bridgehead atoms. The molecule has 0 unspecified atom stereocenters. The van der Waals surface area contributed by atoms with Crippen molar-refractivity contribution < 1.29 is 13.2 Å². The summed E-state index contributed by atoms with van der Waals surface area (Å²) < 4.78 is 33.4. The first-order chi connectivity index (χ1) is 12.0. The van der Waals surface area contributed by atoms with Crippen LogP contribution in [-0.4, -0.2) is 4.57 Å². The van der Waals surface area contributed by atoms with Crippen molar-refractivity contribution in [2.75, 3.05) is 0 Å². The fourth-order valence-electron chi connectivity index (χ4n) is 2.15. The first kappa shape index (κ1) is 16.4. The first-order valence-corrected chi connectivity index (χ1v) is 7.64. The minimum absolute atomic E-state index is 0.0432. The Bertz CT molecular complexity index is 1190. The lowest BCUT2D eigenvalue weighted by Crippen LogP contribution is -2.31. The van der Waals surface area contributed by atoms with Crippen molar-refractivity contribution >= 4 is 23.0 Å². The number of nitriles is 2. The van der Waals surface area contributed by atoms with E-state index in [4.69, 9.17) is 14.9 Å². The maximum Gasteiger partial charge on any atom is 0.273 e.